The molecule has 0 heterocycles. The smallest absolute Gasteiger partial charge is 0.397 e. The third-order valence-corrected chi connectivity index (χ3v) is 6.75. The standard InChI is InChI=1S/C15H17N3O9S3/c1-10-8-11(16)15(29(21,22)23)9-13(10)18-17-12-4-2-3-5-14(12)28(19,20)7-6-27-30(24,25)26/h2-5,8-9H,6-7,16H2,1H3,(H,21,22,23)(H,24,25,26). The van der Waals surface area contributed by atoms with Crippen LogP contribution in [0.3, 0.4) is 0 Å². The van der Waals surface area contributed by atoms with Gasteiger partial charge in [0.1, 0.15) is 10.6 Å². The molecule has 12 nitrogen and oxygen atoms in total. The van der Waals surface area contributed by atoms with Gasteiger partial charge in [0.05, 0.1) is 28.6 Å². The van der Waals surface area contributed by atoms with E-state index in [1.165, 1.54) is 30.3 Å². The van der Waals surface area contributed by atoms with Crippen molar-refractivity contribution >= 4 is 47.4 Å². The Morgan fingerprint density at radius 1 is 0.933 bits per heavy atom. The van der Waals surface area contributed by atoms with Gasteiger partial charge in [0.25, 0.3) is 10.1 Å². The number of azo groups is 1. The van der Waals surface area contributed by atoms with Crippen molar-refractivity contribution in [1.29, 1.82) is 0 Å². The molecule has 0 atom stereocenters. The zero-order valence-corrected chi connectivity index (χ0v) is 17.8. The predicted octanol–water partition coefficient (Wildman–Crippen LogP) is 1.83. The average molecular weight is 480 g/mol. The first-order chi connectivity index (χ1) is 13.7. The van der Waals surface area contributed by atoms with Gasteiger partial charge >= 0.3 is 10.4 Å². The molecule has 0 spiro atoms. The Morgan fingerprint density at radius 2 is 1.53 bits per heavy atom. The average Bonchev–Trinajstić information content (AvgIpc) is 2.58. The quantitative estimate of drug-likeness (QED) is 0.284. The van der Waals surface area contributed by atoms with Crippen LogP contribution in [0.1, 0.15) is 5.56 Å². The van der Waals surface area contributed by atoms with E-state index in [-0.39, 0.29) is 22.0 Å². The molecule has 2 aromatic rings. The Kier molecular flexibility index (Phi) is 6.95. The van der Waals surface area contributed by atoms with Gasteiger partial charge in [-0.1, -0.05) is 12.1 Å². The van der Waals surface area contributed by atoms with Crippen molar-refractivity contribution in [2.45, 2.75) is 16.7 Å². The van der Waals surface area contributed by atoms with E-state index in [9.17, 15) is 29.8 Å². The lowest BCUT2D eigenvalue weighted by Crippen LogP contribution is -2.15. The molecule has 0 amide bonds. The van der Waals surface area contributed by atoms with Gasteiger partial charge in [-0.05, 0) is 36.8 Å². The molecule has 0 aromatic heterocycles. The third kappa shape index (κ3) is 6.28. The van der Waals surface area contributed by atoms with Gasteiger partial charge in [0.2, 0.25) is 0 Å². The maximum atomic E-state index is 12.5. The summed E-state index contributed by atoms with van der Waals surface area (Å²) in [7, 11) is -13.5. The number of hydrogen-bond acceptors (Lipinski definition) is 10. The fourth-order valence-electron chi connectivity index (χ4n) is 2.30. The second-order valence-electron chi connectivity index (χ2n) is 5.89. The molecular formula is C15H17N3O9S3. The molecule has 0 unspecified atom stereocenters. The second-order valence-corrected chi connectivity index (χ2v) is 10.4. The van der Waals surface area contributed by atoms with E-state index < -0.39 is 47.6 Å². The van der Waals surface area contributed by atoms with Crippen molar-refractivity contribution in [2.75, 3.05) is 18.1 Å². The van der Waals surface area contributed by atoms with Crippen molar-refractivity contribution in [3.63, 3.8) is 0 Å². The van der Waals surface area contributed by atoms with Crippen LogP contribution in [0, 0.1) is 6.92 Å². The van der Waals surface area contributed by atoms with Gasteiger partial charge in [0.15, 0.2) is 9.84 Å². The normalized spacial score (nSPS) is 13.0. The van der Waals surface area contributed by atoms with Gasteiger partial charge in [-0.25, -0.2) is 12.6 Å². The Balaban J connectivity index is 2.41. The number of nitrogens with two attached hydrogens (primary N) is 1. The SMILES string of the molecule is Cc1cc(N)c(S(=O)(=O)O)cc1N=Nc1ccccc1S(=O)(=O)CCOS(=O)(=O)O. The predicted molar refractivity (Wildman–Crippen MR) is 106 cm³/mol. The molecule has 0 saturated carbocycles. The van der Waals surface area contributed by atoms with Crippen LogP contribution in [0.25, 0.3) is 0 Å². The largest absolute Gasteiger partial charge is 0.398 e. The fourth-order valence-corrected chi connectivity index (χ4v) is 4.55. The topological polar surface area (TPSA) is 203 Å². The maximum Gasteiger partial charge on any atom is 0.397 e. The highest BCUT2D eigenvalue weighted by molar-refractivity contribution is 7.91. The number of rotatable bonds is 8. The van der Waals surface area contributed by atoms with E-state index in [1.807, 2.05) is 0 Å². The Hall–Kier alpha value is -2.43. The Labute approximate surface area is 173 Å². The highest BCUT2D eigenvalue weighted by Crippen LogP contribution is 2.31. The van der Waals surface area contributed by atoms with Crippen LogP contribution in [-0.4, -0.2) is 46.7 Å². The minimum atomic E-state index is -4.80. The summed E-state index contributed by atoms with van der Waals surface area (Å²) in [6, 6.07) is 7.64. The number of nitrogen functional groups attached to an aromatic ring is 1. The van der Waals surface area contributed by atoms with Gasteiger partial charge in [-0.2, -0.15) is 21.9 Å². The molecule has 0 saturated heterocycles. The van der Waals surface area contributed by atoms with Gasteiger partial charge < -0.3 is 5.73 Å². The van der Waals surface area contributed by atoms with E-state index in [4.69, 9.17) is 10.3 Å². The van der Waals surface area contributed by atoms with Crippen LogP contribution in [0.5, 0.6) is 0 Å². The molecular weight excluding hydrogens is 462 g/mol. The summed E-state index contributed by atoms with van der Waals surface area (Å²) in [5, 5.41) is 7.68. The highest BCUT2D eigenvalue weighted by Gasteiger charge is 2.20. The summed E-state index contributed by atoms with van der Waals surface area (Å²) in [6.07, 6.45) is 0. The van der Waals surface area contributed by atoms with Crippen LogP contribution in [0.2, 0.25) is 0 Å². The van der Waals surface area contributed by atoms with Crippen molar-refractivity contribution in [1.82, 2.24) is 0 Å². The summed E-state index contributed by atoms with van der Waals surface area (Å²) in [5.41, 5.74) is 5.68. The van der Waals surface area contributed by atoms with Gasteiger partial charge in [-0.3, -0.25) is 9.11 Å². The van der Waals surface area contributed by atoms with Crippen LogP contribution in [0.4, 0.5) is 17.1 Å². The van der Waals surface area contributed by atoms with Crippen LogP contribution in [-0.2, 0) is 34.5 Å². The fraction of sp³-hybridized carbons (Fsp3) is 0.200. The van der Waals surface area contributed by atoms with Crippen molar-refractivity contribution < 1.29 is 38.5 Å². The van der Waals surface area contributed by atoms with Crippen molar-refractivity contribution in [3.05, 3.63) is 42.0 Å². The van der Waals surface area contributed by atoms with E-state index in [1.54, 1.807) is 6.92 Å². The molecule has 0 bridgehead atoms. The first-order valence-electron chi connectivity index (χ1n) is 7.94. The van der Waals surface area contributed by atoms with Crippen LogP contribution >= 0.6 is 0 Å². The lowest BCUT2D eigenvalue weighted by molar-refractivity contribution is 0.284. The van der Waals surface area contributed by atoms with E-state index in [0.29, 0.717) is 5.56 Å². The van der Waals surface area contributed by atoms with Crippen LogP contribution in [0.15, 0.2) is 56.4 Å². The second kappa shape index (κ2) is 8.75. The molecule has 0 radical (unpaired) electrons. The lowest BCUT2D eigenvalue weighted by atomic mass is 10.2. The van der Waals surface area contributed by atoms with E-state index in [2.05, 4.69) is 14.4 Å². The summed E-state index contributed by atoms with van der Waals surface area (Å²) in [6.45, 7) is 0.731. The summed E-state index contributed by atoms with van der Waals surface area (Å²) >= 11 is 0. The molecule has 2 aromatic carbocycles. The third-order valence-electron chi connectivity index (χ3n) is 3.66. The number of benzene rings is 2. The van der Waals surface area contributed by atoms with Gasteiger partial charge in [0, 0.05) is 0 Å². The van der Waals surface area contributed by atoms with Crippen molar-refractivity contribution in [3.8, 4) is 0 Å². The van der Waals surface area contributed by atoms with Crippen LogP contribution < -0.4 is 5.73 Å². The number of hydrogen-bond donors (Lipinski definition) is 3. The Morgan fingerprint density at radius 3 is 2.13 bits per heavy atom. The molecule has 30 heavy (non-hydrogen) atoms. The minimum absolute atomic E-state index is 0.0127. The van der Waals surface area contributed by atoms with E-state index >= 15 is 0 Å². The summed E-state index contributed by atoms with van der Waals surface area (Å²) in [4.78, 5) is -0.874. The molecule has 0 aliphatic carbocycles. The maximum absolute atomic E-state index is 12.5. The monoisotopic (exact) mass is 479 g/mol. The molecule has 164 valence electrons. The molecule has 0 fully saturated rings. The molecule has 2 rings (SSSR count). The molecule has 15 heteroatoms. The lowest BCUT2D eigenvalue weighted by Gasteiger charge is -2.08. The van der Waals surface area contributed by atoms with E-state index in [0.717, 1.165) is 6.07 Å². The number of anilines is 1. The number of nitrogens with zero attached hydrogens (tertiary/aromatic N) is 2. The summed E-state index contributed by atoms with van der Waals surface area (Å²) in [5.74, 6) is -0.771. The zero-order valence-electron chi connectivity index (χ0n) is 15.3. The minimum Gasteiger partial charge on any atom is -0.398 e. The molecule has 0 aliphatic heterocycles. The summed E-state index contributed by atoms with van der Waals surface area (Å²) < 4.78 is 90.6. The first-order valence-corrected chi connectivity index (χ1v) is 12.4. The molecule has 0 aliphatic rings. The Bertz CT molecular complexity index is 1300. The highest BCUT2D eigenvalue weighted by atomic mass is 32.3. The number of sulfone groups is 1. The van der Waals surface area contributed by atoms with Gasteiger partial charge in [-0.15, -0.1) is 5.11 Å². The molecule has 4 N–H and O–H groups in total. The van der Waals surface area contributed by atoms with Crippen molar-refractivity contribution in [2.24, 2.45) is 10.2 Å². The zero-order chi connectivity index (χ0) is 22.7. The first kappa shape index (κ1) is 23.8. The number of aryl methyl sites for hydroxylation is 1.